The van der Waals surface area contributed by atoms with Gasteiger partial charge in [0.05, 0.1) is 17.1 Å². The van der Waals surface area contributed by atoms with Crippen molar-refractivity contribution >= 4 is 10.0 Å². The minimum atomic E-state index is -3.76. The highest BCUT2D eigenvalue weighted by Crippen LogP contribution is 2.33. The third-order valence-electron chi connectivity index (χ3n) is 3.92. The van der Waals surface area contributed by atoms with Gasteiger partial charge in [0.1, 0.15) is 11.8 Å². The van der Waals surface area contributed by atoms with E-state index in [1.165, 1.54) is 29.6 Å². The maximum atomic E-state index is 12.8. The Bertz CT molecular complexity index is 966. The molecule has 0 saturated carbocycles. The molecular formula is C18H18N2O5S. The predicted octanol–water partition coefficient (Wildman–Crippen LogP) is 2.51. The molecule has 0 saturated heterocycles. The first-order chi connectivity index (χ1) is 12.5. The quantitative estimate of drug-likeness (QED) is 0.772. The lowest BCUT2D eigenvalue weighted by Gasteiger charge is -2.18. The Kier molecular flexibility index (Phi) is 5.02. The van der Waals surface area contributed by atoms with E-state index in [4.69, 9.17) is 14.2 Å². The molecule has 2 aromatic rings. The van der Waals surface area contributed by atoms with Crippen molar-refractivity contribution in [1.82, 2.24) is 4.31 Å². The molecule has 3 rings (SSSR count). The number of hydrogen-bond donors (Lipinski definition) is 0. The van der Waals surface area contributed by atoms with E-state index < -0.39 is 10.0 Å². The van der Waals surface area contributed by atoms with E-state index in [2.05, 4.69) is 0 Å². The summed E-state index contributed by atoms with van der Waals surface area (Å²) in [5, 5.41) is 9.23. The fraction of sp³-hybridized carbons (Fsp3) is 0.278. The highest BCUT2D eigenvalue weighted by molar-refractivity contribution is 7.89. The summed E-state index contributed by atoms with van der Waals surface area (Å²) in [6.07, 6.45) is 0. The van der Waals surface area contributed by atoms with Crippen LogP contribution in [0.5, 0.6) is 17.2 Å². The number of hydrogen-bond acceptors (Lipinski definition) is 6. The Morgan fingerprint density at radius 2 is 1.96 bits per heavy atom. The summed E-state index contributed by atoms with van der Waals surface area (Å²) < 4.78 is 42.8. The van der Waals surface area contributed by atoms with E-state index in [0.29, 0.717) is 23.9 Å². The molecule has 0 amide bonds. The molecule has 0 radical (unpaired) electrons. The Hall–Kier alpha value is -2.76. The van der Waals surface area contributed by atoms with Crippen molar-refractivity contribution in [3.63, 3.8) is 0 Å². The normalized spacial score (nSPS) is 12.8. The van der Waals surface area contributed by atoms with Crippen molar-refractivity contribution < 1.29 is 22.6 Å². The third-order valence-corrected chi connectivity index (χ3v) is 5.72. The summed E-state index contributed by atoms with van der Waals surface area (Å²) in [4.78, 5) is 0.0424. The first-order valence-electron chi connectivity index (χ1n) is 7.97. The highest BCUT2D eigenvalue weighted by Gasteiger charge is 2.23. The van der Waals surface area contributed by atoms with Gasteiger partial charge in [-0.15, -0.1) is 0 Å². The maximum Gasteiger partial charge on any atom is 0.243 e. The van der Waals surface area contributed by atoms with Crippen LogP contribution in [0.15, 0.2) is 41.3 Å². The number of fused-ring (bicyclic) bond motifs is 1. The molecule has 0 fully saturated rings. The zero-order valence-electron chi connectivity index (χ0n) is 14.4. The smallest absolute Gasteiger partial charge is 0.243 e. The van der Waals surface area contributed by atoms with Gasteiger partial charge >= 0.3 is 0 Å². The van der Waals surface area contributed by atoms with Crippen molar-refractivity contribution in [2.45, 2.75) is 18.4 Å². The molecule has 26 heavy (non-hydrogen) atoms. The molecule has 7 nitrogen and oxygen atoms in total. The zero-order valence-corrected chi connectivity index (χ0v) is 15.2. The summed E-state index contributed by atoms with van der Waals surface area (Å²) in [5.41, 5.74) is 0.955. The zero-order chi connectivity index (χ0) is 18.7. The Morgan fingerprint density at radius 1 is 1.19 bits per heavy atom. The summed E-state index contributed by atoms with van der Waals surface area (Å²) in [6, 6.07) is 11.5. The summed E-state index contributed by atoms with van der Waals surface area (Å²) in [6.45, 7) is 2.51. The summed E-state index contributed by atoms with van der Waals surface area (Å²) in [5.74, 6) is 1.61. The number of ether oxygens (including phenoxy) is 3. The van der Waals surface area contributed by atoms with E-state index in [0.717, 1.165) is 5.56 Å². The van der Waals surface area contributed by atoms with Crippen LogP contribution < -0.4 is 14.2 Å². The maximum absolute atomic E-state index is 12.8. The van der Waals surface area contributed by atoms with Gasteiger partial charge in [-0.1, -0.05) is 6.07 Å². The second kappa shape index (κ2) is 7.23. The van der Waals surface area contributed by atoms with Crippen molar-refractivity contribution in [2.75, 3.05) is 20.4 Å². The van der Waals surface area contributed by atoms with Gasteiger partial charge in [0.2, 0.25) is 16.8 Å². The van der Waals surface area contributed by atoms with E-state index >= 15 is 0 Å². The Balaban J connectivity index is 1.84. The van der Waals surface area contributed by atoms with Gasteiger partial charge in [-0.3, -0.25) is 0 Å². The number of nitriles is 1. The Morgan fingerprint density at radius 3 is 2.69 bits per heavy atom. The lowest BCUT2D eigenvalue weighted by atomic mass is 10.2. The van der Waals surface area contributed by atoms with E-state index in [-0.39, 0.29) is 23.8 Å². The largest absolute Gasteiger partial charge is 0.492 e. The van der Waals surface area contributed by atoms with Crippen LogP contribution in [-0.4, -0.2) is 33.2 Å². The molecule has 1 aliphatic rings. The fourth-order valence-electron chi connectivity index (χ4n) is 2.60. The van der Waals surface area contributed by atoms with Crippen molar-refractivity contribution in [3.05, 3.63) is 47.5 Å². The van der Waals surface area contributed by atoms with Crippen LogP contribution in [0.4, 0.5) is 0 Å². The molecule has 0 aliphatic carbocycles. The van der Waals surface area contributed by atoms with Crippen molar-refractivity contribution in [2.24, 2.45) is 0 Å². The monoisotopic (exact) mass is 374 g/mol. The number of nitrogens with zero attached hydrogens (tertiary/aromatic N) is 2. The van der Waals surface area contributed by atoms with Crippen LogP contribution in [0.25, 0.3) is 0 Å². The standard InChI is InChI=1S/C18H18N2O5S/c1-3-23-16-7-5-15(9-14(16)10-19)26(21,22)20(2)11-13-4-6-17-18(8-13)25-12-24-17/h4-9H,3,11-12H2,1-2H3. The van der Waals surface area contributed by atoms with Gasteiger partial charge in [0.25, 0.3) is 0 Å². The molecular weight excluding hydrogens is 356 g/mol. The lowest BCUT2D eigenvalue weighted by Crippen LogP contribution is -2.26. The molecule has 0 atom stereocenters. The van der Waals surface area contributed by atoms with E-state index in [9.17, 15) is 13.7 Å². The topological polar surface area (TPSA) is 88.9 Å². The van der Waals surface area contributed by atoms with Crippen LogP contribution in [0.1, 0.15) is 18.1 Å². The molecule has 1 heterocycles. The number of rotatable bonds is 6. The molecule has 136 valence electrons. The average Bonchev–Trinajstić information content (AvgIpc) is 3.09. The molecule has 0 N–H and O–H groups in total. The van der Waals surface area contributed by atoms with Gasteiger partial charge in [-0.2, -0.15) is 9.57 Å². The van der Waals surface area contributed by atoms with Crippen LogP contribution in [-0.2, 0) is 16.6 Å². The number of sulfonamides is 1. The number of benzene rings is 2. The van der Waals surface area contributed by atoms with Crippen LogP contribution >= 0.6 is 0 Å². The highest BCUT2D eigenvalue weighted by atomic mass is 32.2. The van der Waals surface area contributed by atoms with Gasteiger partial charge in [-0.05, 0) is 42.8 Å². The molecule has 0 aromatic heterocycles. The first-order valence-corrected chi connectivity index (χ1v) is 9.41. The minimum absolute atomic E-state index is 0.0424. The predicted molar refractivity (Wildman–Crippen MR) is 93.5 cm³/mol. The van der Waals surface area contributed by atoms with Gasteiger partial charge in [0.15, 0.2) is 11.5 Å². The second-order valence-electron chi connectivity index (χ2n) is 5.65. The minimum Gasteiger partial charge on any atom is -0.492 e. The SMILES string of the molecule is CCOc1ccc(S(=O)(=O)N(C)Cc2ccc3c(c2)OCO3)cc1C#N. The molecule has 8 heteroatoms. The van der Waals surface area contributed by atoms with Crippen LogP contribution in [0.3, 0.4) is 0 Å². The molecule has 0 bridgehead atoms. The van der Waals surface area contributed by atoms with Crippen LogP contribution in [0, 0.1) is 11.3 Å². The van der Waals surface area contributed by atoms with Gasteiger partial charge in [-0.25, -0.2) is 8.42 Å². The van der Waals surface area contributed by atoms with Gasteiger partial charge < -0.3 is 14.2 Å². The molecule has 1 aliphatic heterocycles. The second-order valence-corrected chi connectivity index (χ2v) is 7.70. The van der Waals surface area contributed by atoms with E-state index in [1.807, 2.05) is 6.07 Å². The van der Waals surface area contributed by atoms with Crippen LogP contribution in [0.2, 0.25) is 0 Å². The van der Waals surface area contributed by atoms with Crippen molar-refractivity contribution in [1.29, 1.82) is 5.26 Å². The fourth-order valence-corrected chi connectivity index (χ4v) is 3.79. The first kappa shape index (κ1) is 18.0. The third kappa shape index (κ3) is 3.45. The summed E-state index contributed by atoms with van der Waals surface area (Å²) in [7, 11) is -2.27. The lowest BCUT2D eigenvalue weighted by molar-refractivity contribution is 0.174. The van der Waals surface area contributed by atoms with E-state index in [1.54, 1.807) is 25.1 Å². The Labute approximate surface area is 152 Å². The summed E-state index contributed by atoms with van der Waals surface area (Å²) >= 11 is 0. The molecule has 0 spiro atoms. The average molecular weight is 374 g/mol. The molecule has 2 aromatic carbocycles. The molecule has 0 unspecified atom stereocenters. The van der Waals surface area contributed by atoms with Crippen molar-refractivity contribution in [3.8, 4) is 23.3 Å². The van der Waals surface area contributed by atoms with Gasteiger partial charge in [0, 0.05) is 13.6 Å².